The number of thioether (sulfide) groups is 2. The molecule has 0 aliphatic carbocycles. The largest absolute Gasteiger partial charge is 0.303 e. The van der Waals surface area contributed by atoms with Crippen molar-refractivity contribution in [2.75, 3.05) is 88.5 Å². The monoisotopic (exact) mass is 1040 g/mol. The Morgan fingerprint density at radius 3 is 0.944 bits per heavy atom. The summed E-state index contributed by atoms with van der Waals surface area (Å²) in [4.78, 5) is 11.4. The van der Waals surface area contributed by atoms with Crippen LogP contribution in [0.15, 0.2) is 0 Å². The van der Waals surface area contributed by atoms with Gasteiger partial charge in [0.1, 0.15) is 0 Å². The lowest BCUT2D eigenvalue weighted by molar-refractivity contribution is 0.0515. The van der Waals surface area contributed by atoms with Gasteiger partial charge in [0.15, 0.2) is 0 Å². The van der Waals surface area contributed by atoms with Crippen LogP contribution in [0, 0.1) is 5.92 Å². The molecule has 0 N–H and O–H groups in total. The first-order valence-corrected chi connectivity index (χ1v) is 35.3. The lowest BCUT2D eigenvalue weighted by Crippen LogP contribution is -2.57. The molecule has 0 aromatic rings. The summed E-state index contributed by atoms with van der Waals surface area (Å²) >= 11 is 4.47. The van der Waals surface area contributed by atoms with Crippen LogP contribution in [0.4, 0.5) is 0 Å². The molecule has 1 saturated heterocycles. The van der Waals surface area contributed by atoms with Gasteiger partial charge in [0.05, 0.1) is 0 Å². The molecule has 0 saturated carbocycles. The number of hydrogen-bond acceptors (Lipinski definition) is 6. The molecule has 428 valence electrons. The first-order valence-electron chi connectivity index (χ1n) is 33.0. The molecule has 71 heavy (non-hydrogen) atoms. The van der Waals surface area contributed by atoms with Crippen LogP contribution in [-0.4, -0.2) is 120 Å². The molecule has 6 heteroatoms. The van der Waals surface area contributed by atoms with Crippen molar-refractivity contribution < 1.29 is 0 Å². The Bertz CT molecular complexity index is 961. The van der Waals surface area contributed by atoms with E-state index in [1.165, 1.54) is 339 Å². The van der Waals surface area contributed by atoms with E-state index in [0.29, 0.717) is 12.1 Å². The molecule has 1 aliphatic rings. The standard InChI is InChI=1S/C63H130N4S2.C2H6/c1-8-12-16-20-24-28-31-35-39-43-47-64(48-44-40-36-32-29-25-21-17-13-9-2)50-54-68-56-52-66-59-63(7)67(60-62(66)6)53-57-69-55-51-65(49-45-41-37-33-30-26-22-18-14-10-3)58-61(5)46-42-38-34-27-23-19-15-11-4;1-2/h61-63H,8-60H2,1-7H3;1-2H3/t61?,62?,63-;/m1./s1. The van der Waals surface area contributed by atoms with E-state index in [-0.39, 0.29) is 0 Å². The fourth-order valence-electron chi connectivity index (χ4n) is 11.1. The number of piperazine rings is 1. The summed E-state index contributed by atoms with van der Waals surface area (Å²) in [6.45, 7) is 33.8. The average molecular weight is 1040 g/mol. The third kappa shape index (κ3) is 48.6. The fraction of sp³-hybridized carbons (Fsp3) is 1.00. The smallest absolute Gasteiger partial charge is 0.0196 e. The van der Waals surface area contributed by atoms with E-state index in [2.05, 4.69) is 91.6 Å². The second-order valence-electron chi connectivity index (χ2n) is 23.0. The normalized spacial score (nSPS) is 16.1. The fourth-order valence-corrected chi connectivity index (χ4v) is 13.0. The van der Waals surface area contributed by atoms with Crippen LogP contribution in [0.1, 0.15) is 313 Å². The molecule has 0 aromatic carbocycles. The van der Waals surface area contributed by atoms with Crippen LogP contribution in [0.3, 0.4) is 0 Å². The molecule has 1 aliphatic heterocycles. The van der Waals surface area contributed by atoms with Crippen molar-refractivity contribution in [3.8, 4) is 0 Å². The summed E-state index contributed by atoms with van der Waals surface area (Å²) < 4.78 is 0. The van der Waals surface area contributed by atoms with Gasteiger partial charge in [0, 0.05) is 80.9 Å². The summed E-state index contributed by atoms with van der Waals surface area (Å²) in [5, 5.41) is 0. The summed E-state index contributed by atoms with van der Waals surface area (Å²) in [5.74, 6) is 6.04. The second kappa shape index (κ2) is 58.2. The summed E-state index contributed by atoms with van der Waals surface area (Å²) in [5.41, 5.74) is 0. The van der Waals surface area contributed by atoms with Gasteiger partial charge in [-0.25, -0.2) is 0 Å². The van der Waals surface area contributed by atoms with Gasteiger partial charge in [-0.1, -0.05) is 273 Å². The Morgan fingerprint density at radius 2 is 0.620 bits per heavy atom. The van der Waals surface area contributed by atoms with Crippen molar-refractivity contribution in [1.82, 2.24) is 19.6 Å². The van der Waals surface area contributed by atoms with Gasteiger partial charge in [0.25, 0.3) is 0 Å². The van der Waals surface area contributed by atoms with E-state index in [0.717, 1.165) is 5.92 Å². The van der Waals surface area contributed by atoms with E-state index in [1.807, 2.05) is 13.8 Å². The molecule has 0 amide bonds. The van der Waals surface area contributed by atoms with Gasteiger partial charge < -0.3 is 9.80 Å². The van der Waals surface area contributed by atoms with Gasteiger partial charge in [0.2, 0.25) is 0 Å². The molecule has 2 unspecified atom stereocenters. The summed E-state index contributed by atoms with van der Waals surface area (Å²) in [6, 6.07) is 1.35. The zero-order valence-corrected chi connectivity index (χ0v) is 52.4. The number of rotatable bonds is 56. The van der Waals surface area contributed by atoms with Gasteiger partial charge in [-0.05, 0) is 65.1 Å². The Morgan fingerprint density at radius 1 is 0.352 bits per heavy atom. The van der Waals surface area contributed by atoms with Gasteiger partial charge in [-0.3, -0.25) is 9.80 Å². The van der Waals surface area contributed by atoms with Crippen molar-refractivity contribution in [2.45, 2.75) is 325 Å². The van der Waals surface area contributed by atoms with E-state index >= 15 is 0 Å². The van der Waals surface area contributed by atoms with E-state index in [9.17, 15) is 0 Å². The Balaban J connectivity index is 0.0000242. The topological polar surface area (TPSA) is 13.0 Å². The zero-order chi connectivity index (χ0) is 51.9. The van der Waals surface area contributed by atoms with Crippen LogP contribution >= 0.6 is 23.5 Å². The minimum atomic E-state index is 0.675. The van der Waals surface area contributed by atoms with Crippen LogP contribution in [0.25, 0.3) is 0 Å². The third-order valence-electron chi connectivity index (χ3n) is 16.0. The predicted octanol–water partition coefficient (Wildman–Crippen LogP) is 20.4. The van der Waals surface area contributed by atoms with Crippen molar-refractivity contribution >= 4 is 23.5 Å². The Labute approximate surface area is 459 Å². The second-order valence-corrected chi connectivity index (χ2v) is 25.4. The third-order valence-corrected chi connectivity index (χ3v) is 17.9. The molecule has 3 atom stereocenters. The lowest BCUT2D eigenvalue weighted by atomic mass is 10.0. The van der Waals surface area contributed by atoms with Crippen molar-refractivity contribution in [3.63, 3.8) is 0 Å². The highest BCUT2D eigenvalue weighted by molar-refractivity contribution is 7.99. The van der Waals surface area contributed by atoms with Crippen molar-refractivity contribution in [2.24, 2.45) is 5.92 Å². The average Bonchev–Trinajstić information content (AvgIpc) is 3.37. The van der Waals surface area contributed by atoms with Gasteiger partial charge in [-0.2, -0.15) is 23.5 Å². The quantitative estimate of drug-likeness (QED) is 0.0559. The minimum Gasteiger partial charge on any atom is -0.303 e. The first-order chi connectivity index (χ1) is 34.9. The van der Waals surface area contributed by atoms with Crippen molar-refractivity contribution in [3.05, 3.63) is 0 Å². The molecule has 4 nitrogen and oxygen atoms in total. The molecule has 1 fully saturated rings. The number of unbranched alkanes of at least 4 members (excludes halogenated alkanes) is 34. The maximum Gasteiger partial charge on any atom is 0.0196 e. The molecule has 0 spiro atoms. The van der Waals surface area contributed by atoms with E-state index in [4.69, 9.17) is 0 Å². The molecule has 0 aromatic heterocycles. The maximum absolute atomic E-state index is 2.88. The highest BCUT2D eigenvalue weighted by Crippen LogP contribution is 2.20. The van der Waals surface area contributed by atoms with Crippen molar-refractivity contribution in [1.29, 1.82) is 0 Å². The molecule has 1 heterocycles. The molecule has 1 rings (SSSR count). The highest BCUT2D eigenvalue weighted by atomic mass is 32.2. The molecular weight excluding hydrogens is 901 g/mol. The van der Waals surface area contributed by atoms with E-state index in [1.54, 1.807) is 0 Å². The first kappa shape index (κ1) is 71.5. The highest BCUT2D eigenvalue weighted by Gasteiger charge is 2.28. The van der Waals surface area contributed by atoms with Gasteiger partial charge >= 0.3 is 0 Å². The van der Waals surface area contributed by atoms with Crippen LogP contribution < -0.4 is 0 Å². The molecular formula is C65H136N4S2. The van der Waals surface area contributed by atoms with E-state index < -0.39 is 0 Å². The van der Waals surface area contributed by atoms with Gasteiger partial charge in [-0.15, -0.1) is 0 Å². The van der Waals surface area contributed by atoms with Crippen LogP contribution in [0.2, 0.25) is 0 Å². The van der Waals surface area contributed by atoms with Crippen LogP contribution in [0.5, 0.6) is 0 Å². The Hall–Kier alpha value is 0.540. The molecule has 0 bridgehead atoms. The minimum absolute atomic E-state index is 0.675. The van der Waals surface area contributed by atoms with Crippen LogP contribution in [-0.2, 0) is 0 Å². The predicted molar refractivity (Wildman–Crippen MR) is 333 cm³/mol. The number of nitrogens with zero attached hydrogens (tertiary/aromatic N) is 4. The lowest BCUT2D eigenvalue weighted by Gasteiger charge is -2.44. The molecule has 0 radical (unpaired) electrons. The summed E-state index contributed by atoms with van der Waals surface area (Å²) in [7, 11) is 0. The number of hydrogen-bond donors (Lipinski definition) is 0. The SMILES string of the molecule is CC.CCCCCCCCCCCCN(CCCCCCCCCCCC)CCSCCN1C[C@@H](C)N(CCSCCN(CCCCCCCCCCCC)CC(C)CCCCCCCCCC)CC1C. The summed E-state index contributed by atoms with van der Waals surface area (Å²) in [6.07, 6.45) is 56.1. The Kier molecular flexibility index (Phi) is 58.7. The maximum atomic E-state index is 2.88. The zero-order valence-electron chi connectivity index (χ0n) is 50.8.